The van der Waals surface area contributed by atoms with Gasteiger partial charge in [-0.15, -0.1) is 47.0 Å². The number of hydrogen-bond donors (Lipinski definition) is 4. The number of rotatable bonds is 9. The Morgan fingerprint density at radius 3 is 0.778 bits per heavy atom. The summed E-state index contributed by atoms with van der Waals surface area (Å²) < 4.78 is 2.19. The Morgan fingerprint density at radius 1 is 0.500 bits per heavy atom. The maximum Gasteiger partial charge on any atom is 0.0735 e. The van der Waals surface area contributed by atoms with Crippen molar-refractivity contribution in [2.24, 2.45) is 0 Å². The normalized spacial score (nSPS) is 22.0. The molecule has 0 fully saturated rings. The second-order valence-corrected chi connectivity index (χ2v) is 14.7. The highest BCUT2D eigenvalue weighted by Gasteiger charge is 2.28. The average molecular weight is 399 g/mol. The molecule has 0 amide bonds. The first-order valence-electron chi connectivity index (χ1n) is 5.56. The van der Waals surface area contributed by atoms with E-state index in [1.54, 1.807) is 0 Å². The molecule has 0 nitrogen and oxygen atoms in total. The zero-order valence-electron chi connectivity index (χ0n) is 10.9. The topological polar surface area (TPSA) is 0 Å². The van der Waals surface area contributed by atoms with Crippen LogP contribution >= 0.6 is 97.6 Å². The van der Waals surface area contributed by atoms with E-state index in [2.05, 4.69) is 78.2 Å². The van der Waals surface area contributed by atoms with Gasteiger partial charge in [-0.2, -0.15) is 50.5 Å². The fourth-order valence-corrected chi connectivity index (χ4v) is 9.78. The molecule has 0 N–H and O–H groups in total. The first-order valence-corrected chi connectivity index (χ1v) is 11.4. The maximum absolute atomic E-state index is 4.50. The maximum atomic E-state index is 4.50. The fraction of sp³-hybridized carbons (Fsp3) is 1.00. The van der Waals surface area contributed by atoms with Gasteiger partial charge in [0.25, 0.3) is 0 Å². The molecule has 0 heterocycles. The molecule has 4 atom stereocenters. The highest BCUT2D eigenvalue weighted by Crippen LogP contribution is 2.46. The Hall–Kier alpha value is 2.80. The smallest absolute Gasteiger partial charge is 0.0735 e. The molecule has 0 aliphatic heterocycles. The third-order valence-corrected chi connectivity index (χ3v) is 8.77. The van der Waals surface area contributed by atoms with Crippen molar-refractivity contribution in [3.63, 3.8) is 0 Å². The molecule has 0 aliphatic carbocycles. The van der Waals surface area contributed by atoms with Crippen LogP contribution in [0, 0.1) is 0 Å². The molecule has 0 spiro atoms. The molecule has 4 unspecified atom stereocenters. The lowest BCUT2D eigenvalue weighted by atomic mass is 10.9. The zero-order valence-corrected chi connectivity index (χ0v) is 17.7. The van der Waals surface area contributed by atoms with E-state index in [0.29, 0.717) is 27.5 Å². The molecule has 0 radical (unpaired) electrons. The summed E-state index contributed by atoms with van der Waals surface area (Å²) in [4.78, 5) is 0. The lowest BCUT2D eigenvalue weighted by Crippen LogP contribution is -2.19. The Labute approximate surface area is 151 Å². The van der Waals surface area contributed by atoms with E-state index in [1.165, 1.54) is 0 Å². The van der Waals surface area contributed by atoms with E-state index in [1.807, 2.05) is 47.0 Å². The van der Waals surface area contributed by atoms with Crippen LogP contribution in [0.4, 0.5) is 0 Å². The number of thiol groups is 4. The predicted octanol–water partition coefficient (Wildman–Crippen LogP) is 5.67. The second-order valence-electron chi connectivity index (χ2n) is 3.68. The van der Waals surface area contributed by atoms with Gasteiger partial charge in [0.15, 0.2) is 0 Å². The van der Waals surface area contributed by atoms with Gasteiger partial charge in [-0.1, -0.05) is 0 Å². The Kier molecular flexibility index (Phi) is 13.1. The van der Waals surface area contributed by atoms with Gasteiger partial charge < -0.3 is 0 Å². The van der Waals surface area contributed by atoms with E-state index >= 15 is 0 Å². The van der Waals surface area contributed by atoms with Crippen LogP contribution in [0.15, 0.2) is 0 Å². The van der Waals surface area contributed by atoms with E-state index in [0.717, 1.165) is 0 Å². The van der Waals surface area contributed by atoms with Crippen LogP contribution in [0.2, 0.25) is 0 Å². The molecule has 18 heavy (non-hydrogen) atoms. The molecule has 0 aliphatic rings. The van der Waals surface area contributed by atoms with Crippen LogP contribution in [0.1, 0.15) is 27.7 Å². The summed E-state index contributed by atoms with van der Waals surface area (Å²) in [5.41, 5.74) is 0. The van der Waals surface area contributed by atoms with Crippen molar-refractivity contribution < 1.29 is 0 Å². The molecule has 0 aromatic carbocycles. The summed E-state index contributed by atoms with van der Waals surface area (Å²) in [5.74, 6) is 0. The van der Waals surface area contributed by atoms with Crippen molar-refractivity contribution in [2.45, 2.75) is 55.2 Å². The summed E-state index contributed by atoms with van der Waals surface area (Å²) in [6.07, 6.45) is 0. The van der Waals surface area contributed by atoms with Crippen LogP contribution in [0.5, 0.6) is 0 Å². The van der Waals surface area contributed by atoms with E-state index in [9.17, 15) is 0 Å². The van der Waals surface area contributed by atoms with Crippen LogP contribution in [-0.2, 0) is 0 Å². The molecule has 0 aromatic rings. The zero-order chi connectivity index (χ0) is 14.3. The van der Waals surface area contributed by atoms with Crippen LogP contribution < -0.4 is 0 Å². The van der Waals surface area contributed by atoms with E-state index < -0.39 is 0 Å². The Morgan fingerprint density at radius 2 is 0.667 bits per heavy atom. The minimum Gasteiger partial charge on any atom is -0.165 e. The Bertz CT molecular complexity index is 164. The van der Waals surface area contributed by atoms with Gasteiger partial charge in [0.05, 0.1) is 9.16 Å². The molecule has 110 valence electrons. The number of hydrogen-bond acceptors (Lipinski definition) is 8. The molecule has 0 aromatic heterocycles. The van der Waals surface area contributed by atoms with Crippen molar-refractivity contribution in [3.05, 3.63) is 0 Å². The van der Waals surface area contributed by atoms with E-state index in [-0.39, 0.29) is 0 Å². The lowest BCUT2D eigenvalue weighted by Gasteiger charge is -2.29. The van der Waals surface area contributed by atoms with Crippen LogP contribution in [-0.4, -0.2) is 27.5 Å². The first-order chi connectivity index (χ1) is 8.22. The minimum atomic E-state index is 0.323. The van der Waals surface area contributed by atoms with Crippen molar-refractivity contribution in [1.29, 1.82) is 0 Å². The van der Waals surface area contributed by atoms with E-state index in [4.69, 9.17) is 0 Å². The number of thioether (sulfide) groups is 4. The summed E-state index contributed by atoms with van der Waals surface area (Å²) in [7, 11) is 0. The summed E-state index contributed by atoms with van der Waals surface area (Å²) >= 11 is 25.6. The van der Waals surface area contributed by atoms with Gasteiger partial charge in [0.2, 0.25) is 0 Å². The largest absolute Gasteiger partial charge is 0.165 e. The van der Waals surface area contributed by atoms with Gasteiger partial charge >= 0.3 is 0 Å². The lowest BCUT2D eigenvalue weighted by molar-refractivity contribution is 1.27. The summed E-state index contributed by atoms with van der Waals surface area (Å²) in [6, 6.07) is 0. The predicted molar refractivity (Wildman–Crippen MR) is 112 cm³/mol. The van der Waals surface area contributed by atoms with Gasteiger partial charge in [0, 0.05) is 18.3 Å². The highest BCUT2D eigenvalue weighted by atomic mass is 32.2. The van der Waals surface area contributed by atoms with Crippen molar-refractivity contribution >= 4 is 97.6 Å². The summed E-state index contributed by atoms with van der Waals surface area (Å²) in [6.45, 7) is 8.46. The third kappa shape index (κ3) is 11.5. The Balaban J connectivity index is 4.69. The van der Waals surface area contributed by atoms with Crippen molar-refractivity contribution in [1.82, 2.24) is 0 Å². The van der Waals surface area contributed by atoms with Gasteiger partial charge in [-0.25, -0.2) is 0 Å². The average Bonchev–Trinajstić information content (AvgIpc) is 2.12. The summed E-state index contributed by atoms with van der Waals surface area (Å²) in [5, 5.41) is 0. The molecular weight excluding hydrogens is 377 g/mol. The molecule has 0 saturated heterocycles. The van der Waals surface area contributed by atoms with Gasteiger partial charge in [-0.3, -0.25) is 0 Å². The van der Waals surface area contributed by atoms with Gasteiger partial charge in [-0.05, 0) is 27.7 Å². The minimum absolute atomic E-state index is 0.323. The quantitative estimate of drug-likeness (QED) is 0.291. The standard InChI is InChI=1S/C10H22S8/c1-5(11)15-9(16-6(2)12)10(17-7(3)13)18-8(4)14/h5-14H,1-4H3. The second kappa shape index (κ2) is 11.4. The van der Waals surface area contributed by atoms with Crippen LogP contribution in [0.25, 0.3) is 0 Å². The van der Waals surface area contributed by atoms with Crippen molar-refractivity contribution in [3.8, 4) is 0 Å². The molecule has 8 heteroatoms. The van der Waals surface area contributed by atoms with Crippen molar-refractivity contribution in [2.75, 3.05) is 0 Å². The first kappa shape index (κ1) is 20.8. The molecule has 0 rings (SSSR count). The van der Waals surface area contributed by atoms with Crippen LogP contribution in [0.3, 0.4) is 0 Å². The molecule has 0 bridgehead atoms. The monoisotopic (exact) mass is 398 g/mol. The third-order valence-electron chi connectivity index (χ3n) is 1.55. The fourth-order valence-electron chi connectivity index (χ4n) is 1.10. The SMILES string of the molecule is CC(S)SC(SC(C)S)C(SC(C)S)SC(C)S. The molecular formula is C10H22S8. The molecule has 0 saturated carbocycles. The highest BCUT2D eigenvalue weighted by molar-refractivity contribution is 8.29. The van der Waals surface area contributed by atoms with Gasteiger partial charge in [0.1, 0.15) is 0 Å².